The van der Waals surface area contributed by atoms with Crippen molar-refractivity contribution in [3.05, 3.63) is 206 Å². The van der Waals surface area contributed by atoms with Gasteiger partial charge in [-0.3, -0.25) is 0 Å². The van der Waals surface area contributed by atoms with Crippen molar-refractivity contribution in [2.45, 2.75) is 0 Å². The molecule has 0 saturated carbocycles. The number of nitrogens with zero attached hydrogens (tertiary/aromatic N) is 4. The van der Waals surface area contributed by atoms with E-state index in [4.69, 9.17) is 28.7 Å². The maximum absolute atomic E-state index is 9.93. The minimum absolute atomic E-state index is 0.143. The molecule has 4 nitrogen and oxygen atoms in total. The predicted octanol–water partition coefficient (Wildman–Crippen LogP) is 13.0. The van der Waals surface area contributed by atoms with Gasteiger partial charge in [-0.1, -0.05) is 176 Å². The summed E-state index contributed by atoms with van der Waals surface area (Å²) in [4.78, 5) is 14.7. The molecule has 258 valence electrons. The summed E-state index contributed by atoms with van der Waals surface area (Å²) in [5.41, 5.74) is 1.04. The monoisotopic (exact) mass is 718 g/mol. The summed E-state index contributed by atoms with van der Waals surface area (Å²) < 4.78 is 144. The Hall–Kier alpha value is -7.43. The quantitative estimate of drug-likeness (QED) is 0.165. The summed E-state index contributed by atoms with van der Waals surface area (Å²) in [5.74, 6) is 0.779. The molecule has 0 atom stereocenters. The maximum Gasteiger partial charge on any atom is 0.164 e. The van der Waals surface area contributed by atoms with Crippen molar-refractivity contribution in [1.29, 1.82) is 0 Å². The van der Waals surface area contributed by atoms with Gasteiger partial charge in [-0.2, -0.15) is 0 Å². The van der Waals surface area contributed by atoms with E-state index in [0.29, 0.717) is 28.3 Å². The third-order valence-corrected chi connectivity index (χ3v) is 9.10. The molecule has 0 unspecified atom stereocenters. The van der Waals surface area contributed by atoms with Crippen LogP contribution in [0.3, 0.4) is 0 Å². The van der Waals surface area contributed by atoms with E-state index in [1.807, 2.05) is 84.9 Å². The molecule has 0 bridgehead atoms. The standard InChI is InChI=1S/C51H34N4/c1-4-14-35(15-5-1)37-24-26-40(27-25-37)50-52-49(39-18-8-3-9-19-39)53-51(54-50)45-22-11-10-20-43(45)41-30-33-48-46(34-41)44-21-12-13-23-47(44)55(48)42-31-28-38(29-32-42)36-16-6-2-7-17-36/h1-34H/i2D,6D,7D,12D,13D,16D,17D,21D,23D,28D,29D,30D,31D,32D,33D,34D. The first-order valence-corrected chi connectivity index (χ1v) is 17.2. The summed E-state index contributed by atoms with van der Waals surface area (Å²) >= 11 is 0. The van der Waals surface area contributed by atoms with E-state index >= 15 is 0 Å². The molecular weight excluding hydrogens is 669 g/mol. The molecule has 2 aromatic heterocycles. The van der Waals surface area contributed by atoms with Crippen LogP contribution in [0.5, 0.6) is 0 Å². The lowest BCUT2D eigenvalue weighted by Gasteiger charge is -2.13. The van der Waals surface area contributed by atoms with Crippen molar-refractivity contribution in [3.8, 4) is 73.2 Å². The molecule has 0 amide bonds. The van der Waals surface area contributed by atoms with Gasteiger partial charge in [0.05, 0.1) is 33.0 Å². The van der Waals surface area contributed by atoms with E-state index in [1.54, 1.807) is 24.3 Å². The molecule has 0 saturated heterocycles. The van der Waals surface area contributed by atoms with Crippen molar-refractivity contribution < 1.29 is 21.9 Å². The third-order valence-electron chi connectivity index (χ3n) is 9.10. The number of hydrogen-bond acceptors (Lipinski definition) is 3. The summed E-state index contributed by atoms with van der Waals surface area (Å²) in [6, 6.07) is 21.7. The second-order valence-corrected chi connectivity index (χ2v) is 12.4. The molecule has 0 spiro atoms. The summed E-state index contributed by atoms with van der Waals surface area (Å²) in [7, 11) is 0. The zero-order valence-corrected chi connectivity index (χ0v) is 28.7. The van der Waals surface area contributed by atoms with Crippen LogP contribution in [0.4, 0.5) is 0 Å². The molecule has 0 aliphatic rings. The van der Waals surface area contributed by atoms with E-state index < -0.39 is 125 Å². The van der Waals surface area contributed by atoms with Gasteiger partial charge < -0.3 is 4.57 Å². The predicted molar refractivity (Wildman–Crippen MR) is 227 cm³/mol. The first-order chi connectivity index (χ1) is 33.9. The van der Waals surface area contributed by atoms with Crippen LogP contribution in [-0.2, 0) is 0 Å². The van der Waals surface area contributed by atoms with E-state index in [0.717, 1.165) is 15.7 Å². The molecule has 0 aliphatic carbocycles. The van der Waals surface area contributed by atoms with E-state index in [9.17, 15) is 8.22 Å². The number of aromatic nitrogens is 4. The van der Waals surface area contributed by atoms with Crippen molar-refractivity contribution in [1.82, 2.24) is 19.5 Å². The van der Waals surface area contributed by atoms with Gasteiger partial charge in [-0.15, -0.1) is 0 Å². The Bertz CT molecular complexity index is 3820. The fourth-order valence-corrected chi connectivity index (χ4v) is 6.47. The van der Waals surface area contributed by atoms with Gasteiger partial charge in [0.1, 0.15) is 0 Å². The molecule has 0 fully saturated rings. The van der Waals surface area contributed by atoms with Gasteiger partial charge >= 0.3 is 0 Å². The molecule has 10 aromatic rings. The maximum atomic E-state index is 9.93. The topological polar surface area (TPSA) is 43.6 Å². The van der Waals surface area contributed by atoms with Gasteiger partial charge in [-0.05, 0) is 63.6 Å². The number of fused-ring (bicyclic) bond motifs is 3. The second-order valence-electron chi connectivity index (χ2n) is 12.4. The number of rotatable bonds is 7. The van der Waals surface area contributed by atoms with Crippen molar-refractivity contribution in [3.63, 3.8) is 0 Å². The van der Waals surface area contributed by atoms with Gasteiger partial charge in [0.15, 0.2) is 17.5 Å². The molecule has 2 heterocycles. The Labute approximate surface area is 342 Å². The molecule has 0 N–H and O–H groups in total. The molecule has 10 rings (SSSR count). The Morgan fingerprint density at radius 2 is 0.855 bits per heavy atom. The van der Waals surface area contributed by atoms with E-state index in [1.165, 1.54) is 0 Å². The molecule has 0 aliphatic heterocycles. The van der Waals surface area contributed by atoms with Gasteiger partial charge in [-0.25, -0.2) is 15.0 Å². The van der Waals surface area contributed by atoms with Crippen LogP contribution in [0, 0.1) is 0 Å². The fraction of sp³-hybridized carbons (Fsp3) is 0. The molecular formula is C51H34N4. The summed E-state index contributed by atoms with van der Waals surface area (Å²) in [6.45, 7) is 0. The van der Waals surface area contributed by atoms with Crippen molar-refractivity contribution in [2.75, 3.05) is 0 Å². The number of hydrogen-bond donors (Lipinski definition) is 0. The lowest BCUT2D eigenvalue weighted by atomic mass is 9.97. The minimum atomic E-state index is -0.861. The highest BCUT2D eigenvalue weighted by molar-refractivity contribution is 6.10. The van der Waals surface area contributed by atoms with Crippen LogP contribution in [0.1, 0.15) is 21.9 Å². The largest absolute Gasteiger partial charge is 0.309 e. The zero-order chi connectivity index (χ0) is 50.5. The average molecular weight is 719 g/mol. The summed E-state index contributed by atoms with van der Waals surface area (Å²) in [5, 5.41) is -0.563. The fourth-order valence-electron chi connectivity index (χ4n) is 6.47. The Morgan fingerprint density at radius 3 is 1.58 bits per heavy atom. The first-order valence-electron chi connectivity index (χ1n) is 25.2. The molecule has 55 heavy (non-hydrogen) atoms. The molecule has 4 heteroatoms. The van der Waals surface area contributed by atoms with Crippen LogP contribution in [-0.4, -0.2) is 19.5 Å². The molecule has 8 aromatic carbocycles. The minimum Gasteiger partial charge on any atom is -0.309 e. The Kier molecular flexibility index (Phi) is 4.93. The van der Waals surface area contributed by atoms with E-state index in [-0.39, 0.29) is 27.7 Å². The normalized spacial score (nSPS) is 15.3. The highest BCUT2D eigenvalue weighted by atomic mass is 15.0. The SMILES string of the molecule is [2H]c1c([2H])c([2H])c(-c2c([2H])c([2H])c(-n3c4c([2H])c([2H])c([2H])c([2H])c4c4c([2H])c(-c5ccccc5-c5nc(-c6ccccc6)nc(-c6ccc(-c7ccccc7)cc6)n5)c([2H])c([2H])c43)c([2H])c2[2H])c([2H])c1[2H]. The second kappa shape index (κ2) is 13.8. The van der Waals surface area contributed by atoms with E-state index in [2.05, 4.69) is 0 Å². The smallest absolute Gasteiger partial charge is 0.164 e. The van der Waals surface area contributed by atoms with Gasteiger partial charge in [0.25, 0.3) is 0 Å². The third kappa shape index (κ3) is 6.06. The van der Waals surface area contributed by atoms with Crippen molar-refractivity contribution >= 4 is 21.8 Å². The molecule has 0 radical (unpaired) electrons. The first kappa shape index (κ1) is 19.6. The summed E-state index contributed by atoms with van der Waals surface area (Å²) in [6.07, 6.45) is 0. The number of benzene rings is 8. The highest BCUT2D eigenvalue weighted by Gasteiger charge is 2.18. The van der Waals surface area contributed by atoms with Gasteiger partial charge in [0, 0.05) is 33.2 Å². The van der Waals surface area contributed by atoms with Crippen LogP contribution < -0.4 is 0 Å². The highest BCUT2D eigenvalue weighted by Crippen LogP contribution is 2.38. The van der Waals surface area contributed by atoms with Crippen LogP contribution in [0.15, 0.2) is 206 Å². The lowest BCUT2D eigenvalue weighted by molar-refractivity contribution is 1.07. The van der Waals surface area contributed by atoms with Crippen LogP contribution in [0.2, 0.25) is 0 Å². The zero-order valence-electron chi connectivity index (χ0n) is 44.7. The van der Waals surface area contributed by atoms with Crippen LogP contribution in [0.25, 0.3) is 95.0 Å². The Balaban J connectivity index is 1.25. The number of para-hydroxylation sites is 1. The Morgan fingerprint density at radius 1 is 0.345 bits per heavy atom. The van der Waals surface area contributed by atoms with Gasteiger partial charge in [0.2, 0.25) is 0 Å². The average Bonchev–Trinajstić information content (AvgIpc) is 3.75. The van der Waals surface area contributed by atoms with Crippen molar-refractivity contribution in [2.24, 2.45) is 0 Å². The lowest BCUT2D eigenvalue weighted by Crippen LogP contribution is -2.01. The van der Waals surface area contributed by atoms with Crippen LogP contribution >= 0.6 is 0 Å².